The van der Waals surface area contributed by atoms with Crippen LogP contribution in [0.2, 0.25) is 0 Å². The molecule has 0 aromatic rings. The average Bonchev–Trinajstić information content (AvgIpc) is 2.36. The summed E-state index contributed by atoms with van der Waals surface area (Å²) in [6.45, 7) is 7.08. The Morgan fingerprint density at radius 3 is 2.33 bits per heavy atom. The number of hydrogen-bond acceptors (Lipinski definition) is 2. The quantitative estimate of drug-likeness (QED) is 0.573. The van der Waals surface area contributed by atoms with Gasteiger partial charge in [-0.05, 0) is 7.05 Å². The van der Waals surface area contributed by atoms with E-state index in [-0.39, 0.29) is 5.91 Å². The zero-order valence-electron chi connectivity index (χ0n) is 8.18. The van der Waals surface area contributed by atoms with E-state index in [0.29, 0.717) is 5.41 Å². The molecule has 0 bridgehead atoms. The van der Waals surface area contributed by atoms with Gasteiger partial charge in [-0.15, -0.1) is 0 Å². The van der Waals surface area contributed by atoms with Crippen molar-refractivity contribution in [3.8, 4) is 0 Å². The third kappa shape index (κ3) is 1.61. The Kier molecular flexibility index (Phi) is 2.73. The van der Waals surface area contributed by atoms with Crippen LogP contribution in [-0.2, 0) is 4.79 Å². The number of carbonyl (C=O) groups is 1. The second kappa shape index (κ2) is 3.44. The van der Waals surface area contributed by atoms with Gasteiger partial charge in [0.2, 0.25) is 5.91 Å². The van der Waals surface area contributed by atoms with E-state index in [1.165, 1.54) is 0 Å². The van der Waals surface area contributed by atoms with Gasteiger partial charge in [0.05, 0.1) is 0 Å². The van der Waals surface area contributed by atoms with Crippen molar-refractivity contribution in [3.05, 3.63) is 0 Å². The molecule has 2 rings (SSSR count). The van der Waals surface area contributed by atoms with Gasteiger partial charge in [-0.25, -0.2) is 0 Å². The van der Waals surface area contributed by atoms with Gasteiger partial charge in [0.15, 0.2) is 0 Å². The number of carbonyl (C=O) groups excluding carboxylic acids is 1. The molecular formula is C9H18N2O. The van der Waals surface area contributed by atoms with Crippen LogP contribution in [0, 0.1) is 5.41 Å². The third-order valence-electron chi connectivity index (χ3n) is 2.41. The highest BCUT2D eigenvalue weighted by Gasteiger charge is 2.46. The Balaban J connectivity index is 0.000000336. The van der Waals surface area contributed by atoms with Gasteiger partial charge in [-0.2, -0.15) is 0 Å². The van der Waals surface area contributed by atoms with Crippen molar-refractivity contribution >= 4 is 5.91 Å². The summed E-state index contributed by atoms with van der Waals surface area (Å²) in [4.78, 5) is 13.1. The molecular weight excluding hydrogens is 152 g/mol. The topological polar surface area (TPSA) is 32.3 Å². The number of nitrogens with zero attached hydrogens (tertiary/aromatic N) is 1. The smallest absolute Gasteiger partial charge is 0.220 e. The molecule has 0 unspecified atom stereocenters. The molecule has 0 radical (unpaired) electrons. The maximum Gasteiger partial charge on any atom is 0.220 e. The highest BCUT2D eigenvalue weighted by atomic mass is 16.1. The predicted molar refractivity (Wildman–Crippen MR) is 48.9 cm³/mol. The minimum atomic E-state index is 0.230. The molecule has 1 spiro atoms. The zero-order valence-corrected chi connectivity index (χ0v) is 8.18. The summed E-state index contributed by atoms with van der Waals surface area (Å²) in [6.07, 6.45) is 0.747. The van der Waals surface area contributed by atoms with E-state index in [1.807, 2.05) is 13.8 Å². The van der Waals surface area contributed by atoms with Crippen LogP contribution in [0.4, 0.5) is 0 Å². The van der Waals surface area contributed by atoms with Crippen LogP contribution in [0.3, 0.4) is 0 Å². The van der Waals surface area contributed by atoms with Crippen LogP contribution < -0.4 is 5.32 Å². The van der Waals surface area contributed by atoms with Crippen LogP contribution in [0.1, 0.15) is 20.3 Å². The summed E-state index contributed by atoms with van der Waals surface area (Å²) < 4.78 is 0. The van der Waals surface area contributed by atoms with Crippen molar-refractivity contribution in [2.45, 2.75) is 20.3 Å². The lowest BCUT2D eigenvalue weighted by Crippen LogP contribution is -2.55. The zero-order chi connectivity index (χ0) is 9.19. The molecule has 2 fully saturated rings. The molecule has 12 heavy (non-hydrogen) atoms. The molecule has 2 aliphatic heterocycles. The molecule has 2 aliphatic rings. The van der Waals surface area contributed by atoms with Gasteiger partial charge < -0.3 is 10.2 Å². The fourth-order valence-corrected chi connectivity index (χ4v) is 2.07. The molecule has 3 heteroatoms. The monoisotopic (exact) mass is 170 g/mol. The van der Waals surface area contributed by atoms with E-state index in [9.17, 15) is 4.79 Å². The van der Waals surface area contributed by atoms with Crippen molar-refractivity contribution in [1.29, 1.82) is 0 Å². The Morgan fingerprint density at radius 1 is 1.42 bits per heavy atom. The van der Waals surface area contributed by atoms with Gasteiger partial charge in [0.1, 0.15) is 0 Å². The summed E-state index contributed by atoms with van der Waals surface area (Å²) >= 11 is 0. The third-order valence-corrected chi connectivity index (χ3v) is 2.41. The maximum atomic E-state index is 10.8. The molecule has 2 saturated heterocycles. The summed E-state index contributed by atoms with van der Waals surface area (Å²) in [5.74, 6) is 0.230. The van der Waals surface area contributed by atoms with E-state index in [1.54, 1.807) is 0 Å². The SMILES string of the molecule is CC.CN1CC2(CNC(=O)C2)C1. The largest absolute Gasteiger partial charge is 0.355 e. The lowest BCUT2D eigenvalue weighted by molar-refractivity contribution is -0.120. The second-order valence-electron chi connectivity index (χ2n) is 3.63. The highest BCUT2D eigenvalue weighted by molar-refractivity contribution is 5.79. The summed E-state index contributed by atoms with van der Waals surface area (Å²) in [7, 11) is 2.09. The van der Waals surface area contributed by atoms with Crippen molar-refractivity contribution in [1.82, 2.24) is 10.2 Å². The number of hydrogen-bond donors (Lipinski definition) is 1. The van der Waals surface area contributed by atoms with E-state index in [2.05, 4.69) is 17.3 Å². The molecule has 0 aromatic heterocycles. The van der Waals surface area contributed by atoms with Crippen LogP contribution in [0.25, 0.3) is 0 Å². The van der Waals surface area contributed by atoms with Crippen LogP contribution in [-0.4, -0.2) is 37.5 Å². The molecule has 0 aliphatic carbocycles. The number of rotatable bonds is 0. The lowest BCUT2D eigenvalue weighted by Gasteiger charge is -2.44. The molecule has 0 aromatic carbocycles. The van der Waals surface area contributed by atoms with Gasteiger partial charge in [-0.3, -0.25) is 4.79 Å². The van der Waals surface area contributed by atoms with E-state index < -0.39 is 0 Å². The van der Waals surface area contributed by atoms with Gasteiger partial charge in [0.25, 0.3) is 0 Å². The Hall–Kier alpha value is -0.570. The Bertz CT molecular complexity index is 173. The fourth-order valence-electron chi connectivity index (χ4n) is 2.07. The Morgan fingerprint density at radius 2 is 2.00 bits per heavy atom. The van der Waals surface area contributed by atoms with E-state index in [0.717, 1.165) is 26.1 Å². The Labute approximate surface area is 74.1 Å². The first-order chi connectivity index (χ1) is 5.70. The van der Waals surface area contributed by atoms with Crippen molar-refractivity contribution in [3.63, 3.8) is 0 Å². The fraction of sp³-hybridized carbons (Fsp3) is 0.889. The number of nitrogens with one attached hydrogen (secondary N) is 1. The summed E-state index contributed by atoms with van der Waals surface area (Å²) in [6, 6.07) is 0. The van der Waals surface area contributed by atoms with Gasteiger partial charge >= 0.3 is 0 Å². The molecule has 0 saturated carbocycles. The first-order valence-corrected chi connectivity index (χ1v) is 4.66. The minimum absolute atomic E-state index is 0.230. The highest BCUT2D eigenvalue weighted by Crippen LogP contribution is 2.34. The van der Waals surface area contributed by atoms with Crippen LogP contribution in [0.5, 0.6) is 0 Å². The molecule has 3 nitrogen and oxygen atoms in total. The average molecular weight is 170 g/mol. The predicted octanol–water partition coefficient (Wildman–Crippen LogP) is 0.464. The second-order valence-corrected chi connectivity index (χ2v) is 3.63. The van der Waals surface area contributed by atoms with E-state index >= 15 is 0 Å². The van der Waals surface area contributed by atoms with Gasteiger partial charge in [0, 0.05) is 31.5 Å². The molecule has 0 atom stereocenters. The minimum Gasteiger partial charge on any atom is -0.355 e. The van der Waals surface area contributed by atoms with Gasteiger partial charge in [-0.1, -0.05) is 13.8 Å². The molecule has 1 N–H and O–H groups in total. The van der Waals surface area contributed by atoms with E-state index in [4.69, 9.17) is 0 Å². The lowest BCUT2D eigenvalue weighted by atomic mass is 9.79. The number of likely N-dealkylation sites (tertiary alicyclic amines) is 1. The standard InChI is InChI=1S/C7H12N2O.C2H6/c1-9-4-7(5-9)2-6(10)8-3-7;1-2/h2-5H2,1H3,(H,8,10);1-2H3. The normalized spacial score (nSPS) is 25.8. The van der Waals surface area contributed by atoms with Crippen molar-refractivity contribution in [2.75, 3.05) is 26.7 Å². The first-order valence-electron chi connectivity index (χ1n) is 4.66. The van der Waals surface area contributed by atoms with Crippen LogP contribution in [0.15, 0.2) is 0 Å². The number of amides is 1. The van der Waals surface area contributed by atoms with Crippen molar-refractivity contribution < 1.29 is 4.79 Å². The van der Waals surface area contributed by atoms with Crippen molar-refractivity contribution in [2.24, 2.45) is 5.41 Å². The first kappa shape index (κ1) is 9.52. The molecule has 2 heterocycles. The molecule has 1 amide bonds. The van der Waals surface area contributed by atoms with Crippen LogP contribution >= 0.6 is 0 Å². The summed E-state index contributed by atoms with van der Waals surface area (Å²) in [5, 5.41) is 2.87. The molecule has 70 valence electrons. The maximum absolute atomic E-state index is 10.8. The summed E-state index contributed by atoms with van der Waals surface area (Å²) in [5.41, 5.74) is 0.325.